The molecule has 2 aromatic rings. The summed E-state index contributed by atoms with van der Waals surface area (Å²) in [6.45, 7) is 1.33. The molecular formula is C22H28N6O8. The number of H-pyrrole nitrogens is 1. The molecule has 0 spiro atoms. The molecule has 14 nitrogen and oxygen atoms in total. The molecule has 0 saturated carbocycles. The van der Waals surface area contributed by atoms with Gasteiger partial charge in [0.05, 0.1) is 18.8 Å². The van der Waals surface area contributed by atoms with E-state index >= 15 is 0 Å². The van der Waals surface area contributed by atoms with E-state index in [1.165, 1.54) is 43.7 Å². The lowest BCUT2D eigenvalue weighted by Gasteiger charge is -2.23. The van der Waals surface area contributed by atoms with Crippen molar-refractivity contribution >= 4 is 29.7 Å². The van der Waals surface area contributed by atoms with Crippen LogP contribution in [0.15, 0.2) is 36.8 Å². The first-order valence-corrected chi connectivity index (χ1v) is 10.8. The van der Waals surface area contributed by atoms with Crippen LogP contribution >= 0.6 is 0 Å². The van der Waals surface area contributed by atoms with E-state index in [-0.39, 0.29) is 18.6 Å². The Kier molecular flexibility index (Phi) is 9.92. The number of carboxylic acid groups (broad SMARTS) is 2. The van der Waals surface area contributed by atoms with Gasteiger partial charge in [0.25, 0.3) is 0 Å². The number of aromatic hydroxyl groups is 1. The summed E-state index contributed by atoms with van der Waals surface area (Å²) in [6, 6.07) is 0.638. The van der Waals surface area contributed by atoms with Gasteiger partial charge in [-0.3, -0.25) is 19.2 Å². The van der Waals surface area contributed by atoms with Gasteiger partial charge < -0.3 is 42.0 Å². The number of nitrogens with zero attached hydrogens (tertiary/aromatic N) is 1. The van der Waals surface area contributed by atoms with Crippen LogP contribution in [0.4, 0.5) is 0 Å². The molecule has 0 radical (unpaired) electrons. The number of hydrogen-bond acceptors (Lipinski definition) is 8. The SMILES string of the molecule is CC(NC(=O)C(Cc1ccc(O)cc1)NC(=O)C(N)CC(=O)O)C(=O)NC(Cc1cnc[nH]1)C(=O)O. The molecule has 14 heteroatoms. The second kappa shape index (κ2) is 12.9. The number of rotatable bonds is 13. The highest BCUT2D eigenvalue weighted by molar-refractivity contribution is 5.94. The van der Waals surface area contributed by atoms with Crippen molar-refractivity contribution in [1.82, 2.24) is 25.9 Å². The number of carbonyl (C=O) groups excluding carboxylic acids is 3. The molecule has 0 bridgehead atoms. The Hall–Kier alpha value is -4.46. The summed E-state index contributed by atoms with van der Waals surface area (Å²) >= 11 is 0. The molecule has 3 amide bonds. The van der Waals surface area contributed by atoms with E-state index in [4.69, 9.17) is 10.8 Å². The average molecular weight is 505 g/mol. The van der Waals surface area contributed by atoms with Gasteiger partial charge in [0.2, 0.25) is 17.7 Å². The maximum atomic E-state index is 12.9. The third kappa shape index (κ3) is 8.72. The second-order valence-corrected chi connectivity index (χ2v) is 8.05. The Labute approximate surface area is 205 Å². The largest absolute Gasteiger partial charge is 0.508 e. The number of aromatic amines is 1. The van der Waals surface area contributed by atoms with Gasteiger partial charge in [-0.1, -0.05) is 12.1 Å². The van der Waals surface area contributed by atoms with Crippen LogP contribution < -0.4 is 21.7 Å². The van der Waals surface area contributed by atoms with Gasteiger partial charge in [0.15, 0.2) is 0 Å². The number of benzene rings is 1. The molecule has 0 saturated heterocycles. The topological polar surface area (TPSA) is 237 Å². The van der Waals surface area contributed by atoms with Crippen LogP contribution in [-0.2, 0) is 36.8 Å². The summed E-state index contributed by atoms with van der Waals surface area (Å²) in [5.74, 6) is -5.07. The summed E-state index contributed by atoms with van der Waals surface area (Å²) in [5, 5.41) is 34.9. The van der Waals surface area contributed by atoms with Gasteiger partial charge in [0, 0.05) is 24.7 Å². The number of hydrogen-bond donors (Lipinski definition) is 8. The van der Waals surface area contributed by atoms with E-state index in [0.29, 0.717) is 11.3 Å². The molecule has 1 aromatic heterocycles. The van der Waals surface area contributed by atoms with Crippen molar-refractivity contribution < 1.29 is 39.3 Å². The minimum Gasteiger partial charge on any atom is -0.508 e. The third-order valence-corrected chi connectivity index (χ3v) is 5.09. The zero-order valence-corrected chi connectivity index (χ0v) is 19.3. The Morgan fingerprint density at radius 1 is 0.944 bits per heavy atom. The van der Waals surface area contributed by atoms with E-state index in [1.807, 2.05) is 0 Å². The Balaban J connectivity index is 2.09. The molecule has 0 fully saturated rings. The van der Waals surface area contributed by atoms with Crippen LogP contribution in [0.2, 0.25) is 0 Å². The van der Waals surface area contributed by atoms with E-state index in [9.17, 15) is 34.2 Å². The van der Waals surface area contributed by atoms with E-state index in [1.54, 1.807) is 0 Å². The predicted octanol–water partition coefficient (Wildman–Crippen LogP) is -1.74. The molecule has 1 aromatic carbocycles. The minimum absolute atomic E-state index is 0.0133. The first-order chi connectivity index (χ1) is 17.0. The van der Waals surface area contributed by atoms with Crippen LogP contribution in [0.3, 0.4) is 0 Å². The number of carbonyl (C=O) groups is 5. The highest BCUT2D eigenvalue weighted by Gasteiger charge is 2.29. The molecule has 4 unspecified atom stereocenters. The van der Waals surface area contributed by atoms with Crippen LogP contribution in [0.1, 0.15) is 24.6 Å². The van der Waals surface area contributed by atoms with E-state index < -0.39 is 60.2 Å². The van der Waals surface area contributed by atoms with Crippen LogP contribution in [0.5, 0.6) is 5.75 Å². The van der Waals surface area contributed by atoms with Crippen molar-refractivity contribution in [3.8, 4) is 5.75 Å². The zero-order chi connectivity index (χ0) is 26.8. The summed E-state index contributed by atoms with van der Waals surface area (Å²) < 4.78 is 0. The number of phenols is 1. The third-order valence-electron chi connectivity index (χ3n) is 5.09. The standard InChI is InChI=1S/C22H28N6O8/c1-11(19(32)28-17(22(35)36)7-13-9-24-10-25-13)26-21(34)16(6-12-2-4-14(29)5-3-12)27-20(33)15(23)8-18(30)31/h2-5,9-11,15-17,29H,6-8,23H2,1H3,(H,24,25)(H,26,34)(H,27,33)(H,28,32)(H,30,31)(H,35,36). The number of imidazole rings is 1. The molecule has 9 N–H and O–H groups in total. The van der Waals surface area contributed by atoms with Crippen molar-refractivity contribution in [2.24, 2.45) is 5.73 Å². The van der Waals surface area contributed by atoms with Crippen LogP contribution in [0, 0.1) is 0 Å². The second-order valence-electron chi connectivity index (χ2n) is 8.05. The normalized spacial score (nSPS) is 14.1. The lowest BCUT2D eigenvalue weighted by molar-refractivity contribution is -0.142. The fourth-order valence-corrected chi connectivity index (χ4v) is 3.13. The first-order valence-electron chi connectivity index (χ1n) is 10.8. The number of nitrogens with two attached hydrogens (primary N) is 1. The van der Waals surface area contributed by atoms with E-state index in [0.717, 1.165) is 0 Å². The van der Waals surface area contributed by atoms with Gasteiger partial charge in [-0.15, -0.1) is 0 Å². The van der Waals surface area contributed by atoms with Gasteiger partial charge in [-0.2, -0.15) is 0 Å². The molecule has 0 aliphatic heterocycles. The Bertz CT molecular complexity index is 1070. The van der Waals surface area contributed by atoms with Gasteiger partial charge in [-0.05, 0) is 24.6 Å². The molecule has 4 atom stereocenters. The number of nitrogens with one attached hydrogen (secondary N) is 4. The number of carboxylic acids is 2. The first kappa shape index (κ1) is 27.8. The van der Waals surface area contributed by atoms with Crippen molar-refractivity contribution in [3.63, 3.8) is 0 Å². The Morgan fingerprint density at radius 2 is 1.58 bits per heavy atom. The lowest BCUT2D eigenvalue weighted by atomic mass is 10.0. The number of phenolic OH excluding ortho intramolecular Hbond substituents is 1. The molecule has 2 rings (SSSR count). The molecule has 0 aliphatic rings. The van der Waals surface area contributed by atoms with Crippen LogP contribution in [-0.4, -0.2) is 79.1 Å². The maximum absolute atomic E-state index is 12.9. The highest BCUT2D eigenvalue weighted by Crippen LogP contribution is 2.12. The zero-order valence-electron chi connectivity index (χ0n) is 19.3. The smallest absolute Gasteiger partial charge is 0.326 e. The summed E-state index contributed by atoms with van der Waals surface area (Å²) in [4.78, 5) is 66.8. The quantitative estimate of drug-likeness (QED) is 0.153. The fourth-order valence-electron chi connectivity index (χ4n) is 3.13. The number of amides is 3. The average Bonchev–Trinajstić information content (AvgIpc) is 3.32. The van der Waals surface area contributed by atoms with Crippen molar-refractivity contribution in [2.45, 2.75) is 50.4 Å². The number of aliphatic carboxylic acids is 2. The monoisotopic (exact) mass is 504 g/mol. The minimum atomic E-state index is -1.42. The van der Waals surface area contributed by atoms with Crippen LogP contribution in [0.25, 0.3) is 0 Å². The molecule has 1 heterocycles. The summed E-state index contributed by atoms with van der Waals surface area (Å²) in [6.07, 6.45) is 1.99. The van der Waals surface area contributed by atoms with Gasteiger partial charge in [0.1, 0.15) is 23.9 Å². The van der Waals surface area contributed by atoms with Gasteiger partial charge in [-0.25, -0.2) is 9.78 Å². The summed E-state index contributed by atoms with van der Waals surface area (Å²) in [5.41, 5.74) is 6.61. The molecule has 194 valence electrons. The highest BCUT2D eigenvalue weighted by atomic mass is 16.4. The Morgan fingerprint density at radius 3 is 2.14 bits per heavy atom. The molecule has 0 aliphatic carbocycles. The van der Waals surface area contributed by atoms with Crippen molar-refractivity contribution in [3.05, 3.63) is 48.0 Å². The number of aromatic nitrogens is 2. The van der Waals surface area contributed by atoms with E-state index in [2.05, 4.69) is 25.9 Å². The summed E-state index contributed by atoms with van der Waals surface area (Å²) in [7, 11) is 0. The predicted molar refractivity (Wildman–Crippen MR) is 123 cm³/mol. The van der Waals surface area contributed by atoms with Crippen molar-refractivity contribution in [2.75, 3.05) is 0 Å². The molecular weight excluding hydrogens is 476 g/mol. The molecule has 36 heavy (non-hydrogen) atoms. The fraction of sp³-hybridized carbons (Fsp3) is 0.364. The maximum Gasteiger partial charge on any atom is 0.326 e. The van der Waals surface area contributed by atoms with Crippen molar-refractivity contribution in [1.29, 1.82) is 0 Å². The van der Waals surface area contributed by atoms with Gasteiger partial charge >= 0.3 is 11.9 Å². The lowest BCUT2D eigenvalue weighted by Crippen LogP contribution is -2.57.